The Morgan fingerprint density at radius 1 is 1.44 bits per heavy atom. The lowest BCUT2D eigenvalue weighted by Gasteiger charge is -2.28. The number of nitrogens with two attached hydrogens (primary N) is 1. The van der Waals surface area contributed by atoms with Crippen molar-refractivity contribution in [3.8, 4) is 0 Å². The van der Waals surface area contributed by atoms with Gasteiger partial charge in [-0.1, -0.05) is 0 Å². The van der Waals surface area contributed by atoms with Gasteiger partial charge >= 0.3 is 0 Å². The molecule has 1 heterocycles. The fraction of sp³-hybridized carbons (Fsp3) is 0.455. The monoisotopic (exact) mass is 245 g/mol. The van der Waals surface area contributed by atoms with Gasteiger partial charge in [-0.05, 0) is 18.2 Å². The van der Waals surface area contributed by atoms with Crippen LogP contribution in [0.4, 0.5) is 8.78 Å². The van der Waals surface area contributed by atoms with Crippen LogP contribution in [0.15, 0.2) is 18.2 Å². The van der Waals surface area contributed by atoms with Gasteiger partial charge in [0, 0.05) is 17.1 Å². The zero-order valence-electron chi connectivity index (χ0n) is 8.66. The van der Waals surface area contributed by atoms with Gasteiger partial charge in [-0.15, -0.1) is 0 Å². The smallest absolute Gasteiger partial charge is 0.128 e. The molecule has 16 heavy (non-hydrogen) atoms. The molecule has 2 nitrogen and oxygen atoms in total. The van der Waals surface area contributed by atoms with Gasteiger partial charge < -0.3 is 10.5 Å². The van der Waals surface area contributed by atoms with E-state index in [9.17, 15) is 8.78 Å². The van der Waals surface area contributed by atoms with Crippen molar-refractivity contribution in [1.29, 1.82) is 0 Å². The molecule has 2 rings (SSSR count). The van der Waals surface area contributed by atoms with Gasteiger partial charge in [-0.2, -0.15) is 11.8 Å². The minimum absolute atomic E-state index is 0.188. The highest BCUT2D eigenvalue weighted by atomic mass is 32.2. The zero-order chi connectivity index (χ0) is 11.5. The molecule has 1 aliphatic rings. The molecule has 0 aliphatic carbocycles. The van der Waals surface area contributed by atoms with Crippen LogP contribution in [-0.4, -0.2) is 24.2 Å². The van der Waals surface area contributed by atoms with Crippen molar-refractivity contribution in [2.24, 2.45) is 5.73 Å². The second-order valence-corrected chi connectivity index (χ2v) is 4.83. The van der Waals surface area contributed by atoms with E-state index in [1.165, 1.54) is 0 Å². The summed E-state index contributed by atoms with van der Waals surface area (Å²) in [6, 6.07) is 2.72. The van der Waals surface area contributed by atoms with E-state index in [-0.39, 0.29) is 11.7 Å². The molecule has 88 valence electrons. The van der Waals surface area contributed by atoms with Crippen molar-refractivity contribution in [2.45, 2.75) is 12.1 Å². The number of ether oxygens (including phenoxy) is 1. The number of thioether (sulfide) groups is 1. The first kappa shape index (κ1) is 11.8. The third kappa shape index (κ3) is 2.53. The molecule has 5 heteroatoms. The van der Waals surface area contributed by atoms with E-state index in [1.54, 1.807) is 11.8 Å². The quantitative estimate of drug-likeness (QED) is 0.866. The maximum absolute atomic E-state index is 13.5. The number of hydrogen-bond donors (Lipinski definition) is 1. The van der Waals surface area contributed by atoms with Gasteiger partial charge in [0.15, 0.2) is 0 Å². The maximum atomic E-state index is 13.5. The number of hydrogen-bond acceptors (Lipinski definition) is 3. The number of halogens is 2. The van der Waals surface area contributed by atoms with Crippen molar-refractivity contribution in [1.82, 2.24) is 0 Å². The lowest BCUT2D eigenvalue weighted by molar-refractivity contribution is 0.0560. The normalized spacial score (nSPS) is 23.1. The maximum Gasteiger partial charge on any atom is 0.128 e. The first-order valence-electron chi connectivity index (χ1n) is 5.08. The number of rotatable bonds is 2. The van der Waals surface area contributed by atoms with Crippen molar-refractivity contribution in [3.05, 3.63) is 35.4 Å². The fourth-order valence-corrected chi connectivity index (χ4v) is 2.60. The molecule has 2 N–H and O–H groups in total. The van der Waals surface area contributed by atoms with Crippen molar-refractivity contribution < 1.29 is 13.5 Å². The van der Waals surface area contributed by atoms with Gasteiger partial charge in [-0.3, -0.25) is 0 Å². The molecule has 1 fully saturated rings. The molecule has 1 saturated heterocycles. The summed E-state index contributed by atoms with van der Waals surface area (Å²) in [5.41, 5.74) is 6.08. The Morgan fingerprint density at radius 2 is 2.25 bits per heavy atom. The van der Waals surface area contributed by atoms with Gasteiger partial charge in [0.1, 0.15) is 11.6 Å². The molecule has 2 unspecified atom stereocenters. The highest BCUT2D eigenvalue weighted by Crippen LogP contribution is 2.25. The van der Waals surface area contributed by atoms with Crippen LogP contribution < -0.4 is 5.73 Å². The average Bonchev–Trinajstić information content (AvgIpc) is 2.32. The Labute approximate surface area is 97.2 Å². The standard InChI is InChI=1S/C11H13F2NOS/c12-7-1-2-9(13)8(5-7)11(14)10-6-16-4-3-15-10/h1-2,5,10-11H,3-4,6,14H2. The topological polar surface area (TPSA) is 35.2 Å². The van der Waals surface area contributed by atoms with Crippen LogP contribution in [0.2, 0.25) is 0 Å². The molecule has 0 aromatic heterocycles. The second kappa shape index (κ2) is 5.12. The molecule has 2 atom stereocenters. The van der Waals surface area contributed by atoms with Crippen LogP contribution in [0.1, 0.15) is 11.6 Å². The van der Waals surface area contributed by atoms with Gasteiger partial charge in [0.25, 0.3) is 0 Å². The van der Waals surface area contributed by atoms with Crippen LogP contribution in [0.25, 0.3) is 0 Å². The van der Waals surface area contributed by atoms with Crippen molar-refractivity contribution in [3.63, 3.8) is 0 Å². The van der Waals surface area contributed by atoms with E-state index in [2.05, 4.69) is 0 Å². The Kier molecular flexibility index (Phi) is 3.78. The summed E-state index contributed by atoms with van der Waals surface area (Å²) in [6.07, 6.45) is -0.241. The van der Waals surface area contributed by atoms with E-state index in [0.29, 0.717) is 6.61 Å². The highest BCUT2D eigenvalue weighted by molar-refractivity contribution is 7.99. The average molecular weight is 245 g/mol. The van der Waals surface area contributed by atoms with E-state index in [0.717, 1.165) is 29.7 Å². The lowest BCUT2D eigenvalue weighted by Crippen LogP contribution is -2.35. The van der Waals surface area contributed by atoms with Crippen LogP contribution in [-0.2, 0) is 4.74 Å². The Hall–Kier alpha value is -0.650. The van der Waals surface area contributed by atoms with Crippen LogP contribution >= 0.6 is 11.8 Å². The molecule has 1 aliphatic heterocycles. The van der Waals surface area contributed by atoms with Crippen molar-refractivity contribution >= 4 is 11.8 Å². The van der Waals surface area contributed by atoms with Gasteiger partial charge in [0.2, 0.25) is 0 Å². The second-order valence-electron chi connectivity index (χ2n) is 3.68. The lowest BCUT2D eigenvalue weighted by atomic mass is 10.0. The SMILES string of the molecule is NC(c1cc(F)ccc1F)C1CSCCO1. The summed E-state index contributed by atoms with van der Waals surface area (Å²) in [5.74, 6) is 0.690. The molecule has 0 amide bonds. The summed E-state index contributed by atoms with van der Waals surface area (Å²) >= 11 is 1.71. The summed E-state index contributed by atoms with van der Waals surface area (Å²) in [4.78, 5) is 0. The van der Waals surface area contributed by atoms with E-state index in [1.807, 2.05) is 0 Å². The molecule has 1 aromatic rings. The van der Waals surface area contributed by atoms with Gasteiger partial charge in [0.05, 0.1) is 18.8 Å². The van der Waals surface area contributed by atoms with Crippen molar-refractivity contribution in [2.75, 3.05) is 18.1 Å². The van der Waals surface area contributed by atoms with Crippen LogP contribution in [0.5, 0.6) is 0 Å². The fourth-order valence-electron chi connectivity index (χ4n) is 1.68. The summed E-state index contributed by atoms with van der Waals surface area (Å²) in [5, 5.41) is 0. The Bertz CT molecular complexity index is 369. The molecule has 0 saturated carbocycles. The number of benzene rings is 1. The highest BCUT2D eigenvalue weighted by Gasteiger charge is 2.25. The van der Waals surface area contributed by atoms with E-state index in [4.69, 9.17) is 10.5 Å². The largest absolute Gasteiger partial charge is 0.375 e. The Balaban J connectivity index is 2.18. The minimum atomic E-state index is -0.608. The molecule has 0 spiro atoms. The molecular weight excluding hydrogens is 232 g/mol. The van der Waals surface area contributed by atoms with Crippen LogP contribution in [0.3, 0.4) is 0 Å². The molecule has 1 aromatic carbocycles. The van der Waals surface area contributed by atoms with Crippen LogP contribution in [0, 0.1) is 11.6 Å². The summed E-state index contributed by atoms with van der Waals surface area (Å²) < 4.78 is 31.9. The molecule has 0 radical (unpaired) electrons. The van der Waals surface area contributed by atoms with E-state index >= 15 is 0 Å². The Morgan fingerprint density at radius 3 is 2.94 bits per heavy atom. The predicted octanol–water partition coefficient (Wildman–Crippen LogP) is 2.10. The molecular formula is C11H13F2NOS. The van der Waals surface area contributed by atoms with Gasteiger partial charge in [-0.25, -0.2) is 8.78 Å². The predicted molar refractivity (Wildman–Crippen MR) is 60.4 cm³/mol. The first-order chi connectivity index (χ1) is 7.68. The summed E-state index contributed by atoms with van der Waals surface area (Å²) in [7, 11) is 0. The third-order valence-electron chi connectivity index (χ3n) is 2.56. The third-order valence-corrected chi connectivity index (χ3v) is 3.58. The first-order valence-corrected chi connectivity index (χ1v) is 6.24. The zero-order valence-corrected chi connectivity index (χ0v) is 9.47. The van der Waals surface area contributed by atoms with E-state index < -0.39 is 17.7 Å². The minimum Gasteiger partial charge on any atom is -0.375 e. The summed E-state index contributed by atoms with van der Waals surface area (Å²) in [6.45, 7) is 0.611. The molecule has 0 bridgehead atoms.